The van der Waals surface area contributed by atoms with Crippen LogP contribution in [-0.2, 0) is 6.42 Å². The quantitative estimate of drug-likeness (QED) is 0.842. The minimum absolute atomic E-state index is 0.366. The molecule has 0 saturated carbocycles. The molecule has 0 aliphatic rings. The highest BCUT2D eigenvalue weighted by Crippen LogP contribution is 2.14. The normalized spacial score (nSPS) is 10.4. The Bertz CT molecular complexity index is 457. The number of nitrogens with zero attached hydrogens (tertiary/aromatic N) is 3. The van der Waals surface area contributed by atoms with Crippen molar-refractivity contribution in [1.82, 2.24) is 15.2 Å². The molecular weight excluding hydrogens is 246 g/mol. The zero-order chi connectivity index (χ0) is 11.4. The van der Waals surface area contributed by atoms with Crippen molar-refractivity contribution >= 4 is 22.9 Å². The van der Waals surface area contributed by atoms with Crippen LogP contribution in [0.25, 0.3) is 0 Å². The SMILES string of the molecule is Cc1ncsc1CCOc1ccc(Cl)nn1. The van der Waals surface area contributed by atoms with Crippen molar-refractivity contribution in [3.63, 3.8) is 0 Å². The molecule has 0 bridgehead atoms. The minimum Gasteiger partial charge on any atom is -0.476 e. The summed E-state index contributed by atoms with van der Waals surface area (Å²) in [6, 6.07) is 3.36. The molecule has 0 aromatic carbocycles. The van der Waals surface area contributed by atoms with Crippen LogP contribution < -0.4 is 4.74 Å². The Morgan fingerprint density at radius 1 is 1.38 bits per heavy atom. The second-order valence-corrected chi connectivity index (χ2v) is 4.48. The van der Waals surface area contributed by atoms with Crippen LogP contribution in [0.5, 0.6) is 5.88 Å². The molecule has 2 rings (SSSR count). The molecule has 0 fully saturated rings. The summed E-state index contributed by atoms with van der Waals surface area (Å²) in [4.78, 5) is 5.41. The molecule has 16 heavy (non-hydrogen) atoms. The summed E-state index contributed by atoms with van der Waals surface area (Å²) in [7, 11) is 0. The predicted octanol–water partition coefficient (Wildman–Crippen LogP) is 2.52. The van der Waals surface area contributed by atoms with Crippen LogP contribution in [0.1, 0.15) is 10.6 Å². The van der Waals surface area contributed by atoms with Crippen molar-refractivity contribution in [3.05, 3.63) is 33.4 Å². The van der Waals surface area contributed by atoms with Gasteiger partial charge in [-0.15, -0.1) is 21.5 Å². The van der Waals surface area contributed by atoms with Crippen molar-refractivity contribution in [2.45, 2.75) is 13.3 Å². The van der Waals surface area contributed by atoms with Crippen LogP contribution in [0.3, 0.4) is 0 Å². The van der Waals surface area contributed by atoms with E-state index in [4.69, 9.17) is 16.3 Å². The van der Waals surface area contributed by atoms with Crippen molar-refractivity contribution < 1.29 is 4.74 Å². The molecule has 0 unspecified atom stereocenters. The lowest BCUT2D eigenvalue weighted by molar-refractivity contribution is 0.306. The number of aromatic nitrogens is 3. The largest absolute Gasteiger partial charge is 0.476 e. The van der Waals surface area contributed by atoms with Crippen LogP contribution in [0, 0.1) is 6.92 Å². The molecule has 2 aromatic rings. The second kappa shape index (κ2) is 5.23. The maximum Gasteiger partial charge on any atom is 0.233 e. The van der Waals surface area contributed by atoms with E-state index >= 15 is 0 Å². The average molecular weight is 256 g/mol. The predicted molar refractivity (Wildman–Crippen MR) is 63.1 cm³/mol. The lowest BCUT2D eigenvalue weighted by Gasteiger charge is -2.03. The van der Waals surface area contributed by atoms with Crippen LogP contribution >= 0.6 is 22.9 Å². The third-order valence-electron chi connectivity index (χ3n) is 2.03. The first-order valence-electron chi connectivity index (χ1n) is 4.76. The van der Waals surface area contributed by atoms with E-state index in [1.54, 1.807) is 23.5 Å². The van der Waals surface area contributed by atoms with Gasteiger partial charge in [0.1, 0.15) is 0 Å². The number of ether oxygens (including phenoxy) is 1. The first kappa shape index (κ1) is 11.3. The van der Waals surface area contributed by atoms with Gasteiger partial charge in [-0.2, -0.15) is 0 Å². The third kappa shape index (κ3) is 2.90. The molecule has 0 atom stereocenters. The fraction of sp³-hybridized carbons (Fsp3) is 0.300. The van der Waals surface area contributed by atoms with E-state index < -0.39 is 0 Å². The molecule has 0 amide bonds. The van der Waals surface area contributed by atoms with E-state index in [1.165, 1.54) is 4.88 Å². The average Bonchev–Trinajstić information content (AvgIpc) is 2.68. The van der Waals surface area contributed by atoms with Gasteiger partial charge in [-0.3, -0.25) is 0 Å². The third-order valence-corrected chi connectivity index (χ3v) is 3.23. The molecule has 0 spiro atoms. The Labute approximate surface area is 102 Å². The molecule has 4 nitrogen and oxygen atoms in total. The number of hydrogen-bond donors (Lipinski definition) is 0. The smallest absolute Gasteiger partial charge is 0.233 e. The molecule has 2 aromatic heterocycles. The minimum atomic E-state index is 0.366. The number of aryl methyl sites for hydroxylation is 1. The molecule has 2 heterocycles. The van der Waals surface area contributed by atoms with Crippen LogP contribution in [0.4, 0.5) is 0 Å². The number of halogens is 1. The fourth-order valence-electron chi connectivity index (χ4n) is 1.20. The summed E-state index contributed by atoms with van der Waals surface area (Å²) in [5.74, 6) is 0.492. The van der Waals surface area contributed by atoms with Gasteiger partial charge in [0.2, 0.25) is 5.88 Å². The molecule has 0 saturated heterocycles. The van der Waals surface area contributed by atoms with E-state index in [0.29, 0.717) is 17.6 Å². The van der Waals surface area contributed by atoms with Gasteiger partial charge in [0.05, 0.1) is 17.8 Å². The molecule has 0 aliphatic heterocycles. The zero-order valence-corrected chi connectivity index (χ0v) is 10.3. The van der Waals surface area contributed by atoms with E-state index in [-0.39, 0.29) is 0 Å². The van der Waals surface area contributed by atoms with Crippen molar-refractivity contribution in [2.24, 2.45) is 0 Å². The van der Waals surface area contributed by atoms with Gasteiger partial charge in [0.15, 0.2) is 5.15 Å². The number of rotatable bonds is 4. The van der Waals surface area contributed by atoms with Crippen molar-refractivity contribution in [3.8, 4) is 5.88 Å². The zero-order valence-electron chi connectivity index (χ0n) is 8.68. The first-order chi connectivity index (χ1) is 7.75. The van der Waals surface area contributed by atoms with Crippen molar-refractivity contribution in [2.75, 3.05) is 6.61 Å². The highest BCUT2D eigenvalue weighted by Gasteiger charge is 2.02. The first-order valence-corrected chi connectivity index (χ1v) is 6.02. The Kier molecular flexibility index (Phi) is 3.69. The molecule has 84 valence electrons. The lowest BCUT2D eigenvalue weighted by Crippen LogP contribution is -2.03. The van der Waals surface area contributed by atoms with Gasteiger partial charge in [0, 0.05) is 17.4 Å². The Morgan fingerprint density at radius 2 is 2.25 bits per heavy atom. The molecular formula is C10H10ClN3OS. The summed E-state index contributed by atoms with van der Waals surface area (Å²) >= 11 is 7.25. The molecule has 0 N–H and O–H groups in total. The molecule has 0 aliphatic carbocycles. The number of hydrogen-bond acceptors (Lipinski definition) is 5. The highest BCUT2D eigenvalue weighted by molar-refractivity contribution is 7.09. The maximum absolute atomic E-state index is 5.61. The second-order valence-electron chi connectivity index (χ2n) is 3.15. The van der Waals surface area contributed by atoms with E-state index in [2.05, 4.69) is 15.2 Å². The maximum atomic E-state index is 5.61. The van der Waals surface area contributed by atoms with Gasteiger partial charge in [0.25, 0.3) is 0 Å². The summed E-state index contributed by atoms with van der Waals surface area (Å²) in [6.07, 6.45) is 0.834. The van der Waals surface area contributed by atoms with Gasteiger partial charge in [-0.05, 0) is 13.0 Å². The Hall–Kier alpha value is -1.20. The Balaban J connectivity index is 1.84. The van der Waals surface area contributed by atoms with Gasteiger partial charge in [-0.25, -0.2) is 4.98 Å². The monoisotopic (exact) mass is 255 g/mol. The summed E-state index contributed by atoms with van der Waals surface area (Å²) in [5, 5.41) is 7.86. The van der Waals surface area contributed by atoms with Crippen LogP contribution in [-0.4, -0.2) is 21.8 Å². The topological polar surface area (TPSA) is 47.9 Å². The van der Waals surface area contributed by atoms with E-state index in [0.717, 1.165) is 12.1 Å². The van der Waals surface area contributed by atoms with E-state index in [9.17, 15) is 0 Å². The van der Waals surface area contributed by atoms with E-state index in [1.807, 2.05) is 12.4 Å². The Morgan fingerprint density at radius 3 is 2.88 bits per heavy atom. The van der Waals surface area contributed by atoms with Crippen molar-refractivity contribution in [1.29, 1.82) is 0 Å². The number of thiazole rings is 1. The van der Waals surface area contributed by atoms with Gasteiger partial charge in [-0.1, -0.05) is 11.6 Å². The van der Waals surface area contributed by atoms with Gasteiger partial charge < -0.3 is 4.74 Å². The fourth-order valence-corrected chi connectivity index (χ4v) is 2.06. The summed E-state index contributed by atoms with van der Waals surface area (Å²) in [5.41, 5.74) is 2.91. The van der Waals surface area contributed by atoms with Crippen LogP contribution in [0.15, 0.2) is 17.6 Å². The highest BCUT2D eigenvalue weighted by atomic mass is 35.5. The standard InChI is InChI=1S/C10H10ClN3OS/c1-7-8(16-6-12-7)4-5-15-10-3-2-9(11)13-14-10/h2-3,6H,4-5H2,1H3. The molecule has 6 heteroatoms. The lowest BCUT2D eigenvalue weighted by atomic mass is 10.3. The van der Waals surface area contributed by atoms with Crippen LogP contribution in [0.2, 0.25) is 5.15 Å². The molecule has 0 radical (unpaired) electrons. The van der Waals surface area contributed by atoms with Gasteiger partial charge >= 0.3 is 0 Å². The summed E-state index contributed by atoms with van der Waals surface area (Å²) < 4.78 is 5.44. The summed E-state index contributed by atoms with van der Waals surface area (Å²) in [6.45, 7) is 2.56.